The zero-order valence-electron chi connectivity index (χ0n) is 18.8. The third-order valence-corrected chi connectivity index (χ3v) is 9.23. The van der Waals surface area contributed by atoms with Crippen LogP contribution >= 0.6 is 0 Å². The van der Waals surface area contributed by atoms with E-state index in [1.54, 1.807) is 33.8 Å². The summed E-state index contributed by atoms with van der Waals surface area (Å²) in [7, 11) is 0. The van der Waals surface area contributed by atoms with Crippen LogP contribution in [-0.4, -0.2) is 62.4 Å². The van der Waals surface area contributed by atoms with Gasteiger partial charge in [0.15, 0.2) is 22.8 Å². The fourth-order valence-electron chi connectivity index (χ4n) is 7.94. The lowest BCUT2D eigenvalue weighted by molar-refractivity contribution is -0.250. The van der Waals surface area contributed by atoms with Crippen LogP contribution in [0, 0.1) is 22.7 Å². The minimum atomic E-state index is -2.27. The molecule has 4 aliphatic carbocycles. The maximum atomic E-state index is 17.2. The van der Waals surface area contributed by atoms with E-state index in [1.165, 1.54) is 12.2 Å². The second kappa shape index (κ2) is 6.36. The number of ether oxygens (including phenoxy) is 2. The second-order valence-corrected chi connectivity index (χ2v) is 11.1. The molecule has 0 radical (unpaired) electrons. The van der Waals surface area contributed by atoms with Crippen molar-refractivity contribution in [2.24, 2.45) is 22.7 Å². The van der Waals surface area contributed by atoms with Crippen LogP contribution in [0.15, 0.2) is 23.8 Å². The van der Waals surface area contributed by atoms with Crippen molar-refractivity contribution >= 4 is 11.6 Å². The van der Waals surface area contributed by atoms with E-state index in [9.17, 15) is 24.9 Å². The third-order valence-electron chi connectivity index (χ3n) is 9.23. The number of hydrogen-bond donors (Lipinski definition) is 3. The number of rotatable bonds is 2. The van der Waals surface area contributed by atoms with Crippen LogP contribution in [0.1, 0.15) is 53.4 Å². The SMILES string of the molecule is CC1(C)OC2C[C@H]3[C@@H]4CCC5=CC(=O)C=C[C@]5(C)[C@@]4(F)[C@@H](O)C[C@]3(C)[C@]2(C(=O)C(O)O)O1. The minimum absolute atomic E-state index is 0.107. The van der Waals surface area contributed by atoms with Gasteiger partial charge in [0.2, 0.25) is 12.1 Å². The molecule has 176 valence electrons. The van der Waals surface area contributed by atoms with Crippen molar-refractivity contribution in [1.82, 2.24) is 0 Å². The summed E-state index contributed by atoms with van der Waals surface area (Å²) >= 11 is 0. The smallest absolute Gasteiger partial charge is 0.223 e. The quantitative estimate of drug-likeness (QED) is 0.549. The number of aliphatic hydroxyl groups excluding tert-OH is 2. The Morgan fingerprint density at radius 1 is 1.22 bits per heavy atom. The second-order valence-electron chi connectivity index (χ2n) is 11.1. The van der Waals surface area contributed by atoms with Gasteiger partial charge < -0.3 is 24.8 Å². The number of carbonyl (C=O) groups excluding carboxylic acids is 2. The molecule has 4 fully saturated rings. The highest BCUT2D eigenvalue weighted by Crippen LogP contribution is 2.72. The van der Waals surface area contributed by atoms with Crippen LogP contribution in [0.5, 0.6) is 0 Å². The van der Waals surface area contributed by atoms with E-state index in [2.05, 4.69) is 0 Å². The standard InChI is InChI=1S/C24H31FO7/c1-20(2)31-17-10-15-14-6-5-12-9-13(26)7-8-21(12,3)23(14,25)16(27)11-22(15,4)24(17,32-20)18(28)19(29)30/h7-9,14-17,19,27,29-30H,5-6,10-11H2,1-4H3/t14-,15-,16-,17?,21-,22-,23-,24-/m0/s1. The molecule has 1 saturated heterocycles. The zero-order chi connectivity index (χ0) is 23.5. The van der Waals surface area contributed by atoms with Gasteiger partial charge >= 0.3 is 0 Å². The Morgan fingerprint density at radius 3 is 2.56 bits per heavy atom. The molecule has 1 aliphatic heterocycles. The Hall–Kier alpha value is -1.45. The number of allylic oxidation sites excluding steroid dienone is 4. The molecule has 3 saturated carbocycles. The summed E-state index contributed by atoms with van der Waals surface area (Å²) in [6, 6.07) is 0. The summed E-state index contributed by atoms with van der Waals surface area (Å²) in [6.07, 6.45) is 1.00. The summed E-state index contributed by atoms with van der Waals surface area (Å²) in [5, 5.41) is 31.1. The minimum Gasteiger partial charge on any atom is -0.390 e. The maximum Gasteiger partial charge on any atom is 0.223 e. The van der Waals surface area contributed by atoms with Crippen LogP contribution in [-0.2, 0) is 19.1 Å². The topological polar surface area (TPSA) is 113 Å². The molecule has 1 unspecified atom stereocenters. The molecule has 7 nitrogen and oxygen atoms in total. The van der Waals surface area contributed by atoms with Crippen molar-refractivity contribution in [2.75, 3.05) is 0 Å². The molecule has 5 aliphatic rings. The van der Waals surface area contributed by atoms with Gasteiger partial charge in [0.05, 0.1) is 12.2 Å². The van der Waals surface area contributed by atoms with Gasteiger partial charge in [-0.2, -0.15) is 0 Å². The number of hydrogen-bond acceptors (Lipinski definition) is 7. The van der Waals surface area contributed by atoms with E-state index in [0.29, 0.717) is 24.8 Å². The molecule has 0 aromatic rings. The van der Waals surface area contributed by atoms with E-state index in [1.807, 2.05) is 0 Å². The fourth-order valence-corrected chi connectivity index (χ4v) is 7.94. The first-order valence-corrected chi connectivity index (χ1v) is 11.3. The number of halogens is 1. The Kier molecular flexibility index (Phi) is 4.44. The van der Waals surface area contributed by atoms with Gasteiger partial charge in [-0.25, -0.2) is 4.39 Å². The van der Waals surface area contributed by atoms with Crippen molar-refractivity contribution < 1.29 is 38.8 Å². The molecular formula is C24H31FO7. The van der Waals surface area contributed by atoms with Gasteiger partial charge in [-0.15, -0.1) is 0 Å². The number of alkyl halides is 1. The summed E-state index contributed by atoms with van der Waals surface area (Å²) in [4.78, 5) is 25.2. The first kappa shape index (κ1) is 22.3. The highest BCUT2D eigenvalue weighted by molar-refractivity contribution is 6.01. The molecule has 32 heavy (non-hydrogen) atoms. The Morgan fingerprint density at radius 2 is 1.91 bits per heavy atom. The van der Waals surface area contributed by atoms with Gasteiger partial charge in [-0.1, -0.05) is 18.6 Å². The molecule has 0 amide bonds. The van der Waals surface area contributed by atoms with Crippen molar-refractivity contribution in [3.05, 3.63) is 23.8 Å². The summed E-state index contributed by atoms with van der Waals surface area (Å²) in [5.41, 5.74) is -5.29. The van der Waals surface area contributed by atoms with E-state index in [-0.39, 0.29) is 12.2 Å². The molecule has 8 heteroatoms. The van der Waals surface area contributed by atoms with Crippen LogP contribution < -0.4 is 0 Å². The zero-order valence-corrected chi connectivity index (χ0v) is 18.8. The third kappa shape index (κ3) is 2.37. The van der Waals surface area contributed by atoms with Crippen LogP contribution in [0.2, 0.25) is 0 Å². The molecule has 8 atom stereocenters. The van der Waals surface area contributed by atoms with Gasteiger partial charge in [0, 0.05) is 16.7 Å². The summed E-state index contributed by atoms with van der Waals surface area (Å²) in [5.74, 6) is -3.26. The first-order valence-electron chi connectivity index (χ1n) is 11.3. The Bertz CT molecular complexity index is 956. The van der Waals surface area contributed by atoms with E-state index in [0.717, 1.165) is 0 Å². The summed E-state index contributed by atoms with van der Waals surface area (Å²) < 4.78 is 29.4. The molecule has 0 spiro atoms. The molecular weight excluding hydrogens is 419 g/mol. The van der Waals surface area contributed by atoms with Gasteiger partial charge in [-0.05, 0) is 64.5 Å². The van der Waals surface area contributed by atoms with Gasteiger partial charge in [0.1, 0.15) is 0 Å². The number of carbonyl (C=O) groups is 2. The number of aliphatic hydroxyl groups is 3. The van der Waals surface area contributed by atoms with Crippen LogP contribution in [0.3, 0.4) is 0 Å². The average molecular weight is 451 g/mol. The molecule has 3 N–H and O–H groups in total. The van der Waals surface area contributed by atoms with Crippen molar-refractivity contribution in [2.45, 2.75) is 88.9 Å². The highest BCUT2D eigenvalue weighted by Gasteiger charge is 2.80. The Balaban J connectivity index is 1.64. The number of Topliss-reactive ketones (excluding diaryl/α,β-unsaturated/α-hetero) is 1. The molecule has 0 aromatic heterocycles. The van der Waals surface area contributed by atoms with Crippen LogP contribution in [0.4, 0.5) is 4.39 Å². The predicted molar refractivity (Wildman–Crippen MR) is 110 cm³/mol. The highest BCUT2D eigenvalue weighted by atomic mass is 19.1. The van der Waals surface area contributed by atoms with E-state index < -0.39 is 64.0 Å². The molecule has 5 rings (SSSR count). The number of ketones is 2. The van der Waals surface area contributed by atoms with Gasteiger partial charge in [0.25, 0.3) is 0 Å². The number of fused-ring (bicyclic) bond motifs is 7. The molecule has 0 aromatic carbocycles. The fraction of sp³-hybridized carbons (Fsp3) is 0.750. The van der Waals surface area contributed by atoms with Crippen molar-refractivity contribution in [3.8, 4) is 0 Å². The monoisotopic (exact) mass is 450 g/mol. The average Bonchev–Trinajstić information content (AvgIpc) is 3.09. The lowest BCUT2D eigenvalue weighted by atomic mass is 9.44. The van der Waals surface area contributed by atoms with Crippen molar-refractivity contribution in [1.29, 1.82) is 0 Å². The van der Waals surface area contributed by atoms with Crippen molar-refractivity contribution in [3.63, 3.8) is 0 Å². The van der Waals surface area contributed by atoms with E-state index >= 15 is 4.39 Å². The lowest BCUT2D eigenvalue weighted by Gasteiger charge is -2.62. The maximum absolute atomic E-state index is 17.2. The van der Waals surface area contributed by atoms with Crippen LogP contribution in [0.25, 0.3) is 0 Å². The predicted octanol–water partition coefficient (Wildman–Crippen LogP) is 1.74. The Labute approximate surface area is 186 Å². The first-order chi connectivity index (χ1) is 14.7. The normalized spacial score (nSPS) is 51.0. The largest absolute Gasteiger partial charge is 0.390 e. The van der Waals surface area contributed by atoms with E-state index in [4.69, 9.17) is 9.47 Å². The summed E-state index contributed by atoms with van der Waals surface area (Å²) in [6.45, 7) is 6.82. The lowest BCUT2D eigenvalue weighted by Crippen LogP contribution is -2.70. The molecule has 1 heterocycles. The molecule has 0 bridgehead atoms. The van der Waals surface area contributed by atoms with Gasteiger partial charge in [-0.3, -0.25) is 9.59 Å².